The van der Waals surface area contributed by atoms with Crippen LogP contribution in [0, 0.1) is 5.82 Å². The van der Waals surface area contributed by atoms with Gasteiger partial charge in [0.1, 0.15) is 24.0 Å². The molecule has 2 rings (SSSR count). The lowest BCUT2D eigenvalue weighted by Gasteiger charge is -2.10. The summed E-state index contributed by atoms with van der Waals surface area (Å²) in [6, 6.07) is 7.42. The normalized spacial score (nSPS) is 10.3. The number of aromatic nitrogens is 1. The van der Waals surface area contributed by atoms with Gasteiger partial charge in [-0.3, -0.25) is 0 Å². The van der Waals surface area contributed by atoms with E-state index in [1.165, 1.54) is 18.2 Å². The zero-order valence-electron chi connectivity index (χ0n) is 10.1. The Balaban J connectivity index is 2.14. The molecule has 0 unspecified atom stereocenters. The van der Waals surface area contributed by atoms with E-state index in [1.807, 2.05) is 0 Å². The maximum Gasteiger partial charge on any atom is 0.138 e. The summed E-state index contributed by atoms with van der Waals surface area (Å²) in [7, 11) is 1.76. The van der Waals surface area contributed by atoms with E-state index < -0.39 is 5.82 Å². The van der Waals surface area contributed by atoms with Crippen molar-refractivity contribution in [2.45, 2.75) is 6.61 Å². The third-order valence-electron chi connectivity index (χ3n) is 2.43. The number of pyridine rings is 1. The van der Waals surface area contributed by atoms with E-state index in [0.717, 1.165) is 0 Å². The first-order valence-electron chi connectivity index (χ1n) is 5.51. The highest BCUT2D eigenvalue weighted by Gasteiger charge is 2.07. The SMILES string of the molecule is CNc1ccc(Cl)c(COc2ccc(F)cc2Cl)n1. The predicted molar refractivity (Wildman–Crippen MR) is 74.5 cm³/mol. The Kier molecular flexibility index (Phi) is 4.45. The minimum absolute atomic E-state index is 0.152. The zero-order chi connectivity index (χ0) is 13.8. The van der Waals surface area contributed by atoms with Gasteiger partial charge in [-0.25, -0.2) is 9.37 Å². The van der Waals surface area contributed by atoms with E-state index in [4.69, 9.17) is 27.9 Å². The molecule has 2 aromatic rings. The number of halogens is 3. The first-order valence-corrected chi connectivity index (χ1v) is 6.27. The monoisotopic (exact) mass is 300 g/mol. The highest BCUT2D eigenvalue weighted by atomic mass is 35.5. The molecule has 1 aromatic carbocycles. The molecular weight excluding hydrogens is 290 g/mol. The van der Waals surface area contributed by atoms with E-state index in [1.54, 1.807) is 19.2 Å². The van der Waals surface area contributed by atoms with Crippen LogP contribution in [0.4, 0.5) is 10.2 Å². The van der Waals surface area contributed by atoms with Gasteiger partial charge in [-0.05, 0) is 30.3 Å². The van der Waals surface area contributed by atoms with Crippen LogP contribution in [-0.2, 0) is 6.61 Å². The number of nitrogens with one attached hydrogen (secondary N) is 1. The highest BCUT2D eigenvalue weighted by molar-refractivity contribution is 6.32. The fraction of sp³-hybridized carbons (Fsp3) is 0.154. The summed E-state index contributed by atoms with van der Waals surface area (Å²) < 4.78 is 18.4. The van der Waals surface area contributed by atoms with Gasteiger partial charge in [-0.15, -0.1) is 0 Å². The molecule has 0 bridgehead atoms. The topological polar surface area (TPSA) is 34.1 Å². The Morgan fingerprint density at radius 3 is 2.68 bits per heavy atom. The van der Waals surface area contributed by atoms with Crippen molar-refractivity contribution in [2.24, 2.45) is 0 Å². The van der Waals surface area contributed by atoms with Crippen LogP contribution < -0.4 is 10.1 Å². The van der Waals surface area contributed by atoms with Crippen molar-refractivity contribution in [2.75, 3.05) is 12.4 Å². The third kappa shape index (κ3) is 3.49. The first kappa shape index (κ1) is 13.9. The number of benzene rings is 1. The molecule has 0 atom stereocenters. The standard InChI is InChI=1S/C13H11Cl2FN2O/c1-17-13-5-3-9(14)11(18-13)7-19-12-4-2-8(16)6-10(12)15/h2-6H,7H2,1H3,(H,17,18). The minimum atomic E-state index is -0.411. The molecule has 0 radical (unpaired) electrons. The molecule has 0 saturated carbocycles. The Bertz CT molecular complexity index is 593. The minimum Gasteiger partial charge on any atom is -0.486 e. The van der Waals surface area contributed by atoms with Crippen LogP contribution >= 0.6 is 23.2 Å². The third-order valence-corrected chi connectivity index (χ3v) is 3.07. The van der Waals surface area contributed by atoms with Gasteiger partial charge in [0, 0.05) is 7.05 Å². The van der Waals surface area contributed by atoms with Crippen molar-refractivity contribution < 1.29 is 9.13 Å². The van der Waals surface area contributed by atoms with Gasteiger partial charge in [-0.2, -0.15) is 0 Å². The van der Waals surface area contributed by atoms with Gasteiger partial charge in [0.05, 0.1) is 15.7 Å². The van der Waals surface area contributed by atoms with Gasteiger partial charge in [0.2, 0.25) is 0 Å². The highest BCUT2D eigenvalue weighted by Crippen LogP contribution is 2.26. The second-order valence-electron chi connectivity index (χ2n) is 3.74. The van der Waals surface area contributed by atoms with Crippen LogP contribution in [0.1, 0.15) is 5.69 Å². The molecule has 0 fully saturated rings. The van der Waals surface area contributed by atoms with Crippen LogP contribution in [0.15, 0.2) is 30.3 Å². The molecule has 1 N–H and O–H groups in total. The van der Waals surface area contributed by atoms with Crippen molar-refractivity contribution in [1.82, 2.24) is 4.98 Å². The number of rotatable bonds is 4. The lowest BCUT2D eigenvalue weighted by molar-refractivity contribution is 0.301. The summed E-state index contributed by atoms with van der Waals surface area (Å²) in [5, 5.41) is 3.62. The van der Waals surface area contributed by atoms with E-state index in [9.17, 15) is 4.39 Å². The smallest absolute Gasteiger partial charge is 0.138 e. The van der Waals surface area contributed by atoms with Crippen LogP contribution in [0.2, 0.25) is 10.0 Å². The van der Waals surface area contributed by atoms with E-state index in [-0.39, 0.29) is 11.6 Å². The lowest BCUT2D eigenvalue weighted by atomic mass is 10.3. The first-order chi connectivity index (χ1) is 9.10. The molecule has 1 aromatic heterocycles. The number of anilines is 1. The molecule has 19 heavy (non-hydrogen) atoms. The van der Waals surface area contributed by atoms with Crippen molar-refractivity contribution in [3.05, 3.63) is 51.9 Å². The van der Waals surface area contributed by atoms with E-state index >= 15 is 0 Å². The Morgan fingerprint density at radius 1 is 1.21 bits per heavy atom. The molecular formula is C13H11Cl2FN2O. The number of hydrogen-bond donors (Lipinski definition) is 1. The summed E-state index contributed by atoms with van der Waals surface area (Å²) in [4.78, 5) is 4.27. The zero-order valence-corrected chi connectivity index (χ0v) is 11.6. The van der Waals surface area contributed by atoms with Crippen molar-refractivity contribution in [1.29, 1.82) is 0 Å². The fourth-order valence-corrected chi connectivity index (χ4v) is 1.84. The quantitative estimate of drug-likeness (QED) is 0.921. The molecule has 6 heteroatoms. The summed E-state index contributed by atoms with van der Waals surface area (Å²) in [6.07, 6.45) is 0. The van der Waals surface area contributed by atoms with Gasteiger partial charge >= 0.3 is 0 Å². The Hall–Kier alpha value is -1.52. The van der Waals surface area contributed by atoms with Crippen molar-refractivity contribution >= 4 is 29.0 Å². The largest absolute Gasteiger partial charge is 0.486 e. The molecule has 0 aliphatic carbocycles. The van der Waals surface area contributed by atoms with E-state index in [0.29, 0.717) is 22.3 Å². The Morgan fingerprint density at radius 2 is 2.00 bits per heavy atom. The molecule has 0 amide bonds. The summed E-state index contributed by atoms with van der Waals surface area (Å²) >= 11 is 11.9. The average molecular weight is 301 g/mol. The second-order valence-corrected chi connectivity index (χ2v) is 4.55. The number of nitrogens with zero attached hydrogens (tertiary/aromatic N) is 1. The molecule has 3 nitrogen and oxygen atoms in total. The van der Waals surface area contributed by atoms with Crippen molar-refractivity contribution in [3.8, 4) is 5.75 Å². The van der Waals surface area contributed by atoms with Gasteiger partial charge < -0.3 is 10.1 Å². The van der Waals surface area contributed by atoms with Gasteiger partial charge in [-0.1, -0.05) is 23.2 Å². The molecule has 0 spiro atoms. The number of hydrogen-bond acceptors (Lipinski definition) is 3. The summed E-state index contributed by atoms with van der Waals surface area (Å²) in [5.41, 5.74) is 0.578. The van der Waals surface area contributed by atoms with E-state index in [2.05, 4.69) is 10.3 Å². The second kappa shape index (κ2) is 6.08. The maximum atomic E-state index is 12.9. The van der Waals surface area contributed by atoms with Crippen LogP contribution in [0.25, 0.3) is 0 Å². The van der Waals surface area contributed by atoms with Gasteiger partial charge in [0.25, 0.3) is 0 Å². The van der Waals surface area contributed by atoms with Crippen LogP contribution in [0.3, 0.4) is 0 Å². The molecule has 0 saturated heterocycles. The van der Waals surface area contributed by atoms with Gasteiger partial charge in [0.15, 0.2) is 0 Å². The summed E-state index contributed by atoms with van der Waals surface area (Å²) in [6.45, 7) is 0.152. The molecule has 100 valence electrons. The molecule has 1 heterocycles. The maximum absolute atomic E-state index is 12.9. The lowest BCUT2D eigenvalue weighted by Crippen LogP contribution is -2.02. The van der Waals surface area contributed by atoms with Crippen molar-refractivity contribution in [3.63, 3.8) is 0 Å². The summed E-state index contributed by atoms with van der Waals surface area (Å²) in [5.74, 6) is 0.662. The Labute approximate surface area is 120 Å². The predicted octanol–water partition coefficient (Wildman–Crippen LogP) is 4.15. The molecule has 0 aliphatic rings. The fourth-order valence-electron chi connectivity index (χ4n) is 1.46. The average Bonchev–Trinajstić information content (AvgIpc) is 2.39. The number of ether oxygens (including phenoxy) is 1. The van der Waals surface area contributed by atoms with Crippen LogP contribution in [-0.4, -0.2) is 12.0 Å². The van der Waals surface area contributed by atoms with Crippen LogP contribution in [0.5, 0.6) is 5.75 Å². The molecule has 0 aliphatic heterocycles.